The van der Waals surface area contributed by atoms with Crippen LogP contribution >= 0.6 is 0 Å². The van der Waals surface area contributed by atoms with Gasteiger partial charge in [0.15, 0.2) is 5.60 Å². The monoisotopic (exact) mass is 418 g/mol. The molecule has 0 aromatic heterocycles. The van der Waals surface area contributed by atoms with Gasteiger partial charge in [-0.25, -0.2) is 9.59 Å². The zero-order valence-electron chi connectivity index (χ0n) is 17.6. The van der Waals surface area contributed by atoms with Crippen molar-refractivity contribution in [2.45, 2.75) is 33.3 Å². The van der Waals surface area contributed by atoms with E-state index in [1.165, 1.54) is 12.1 Å². The van der Waals surface area contributed by atoms with Crippen molar-refractivity contribution >= 4 is 11.9 Å². The van der Waals surface area contributed by atoms with Gasteiger partial charge in [-0.15, -0.1) is 0 Å². The third kappa shape index (κ3) is 2.79. The summed E-state index contributed by atoms with van der Waals surface area (Å²) in [7, 11) is 0. The summed E-state index contributed by atoms with van der Waals surface area (Å²) >= 11 is 0. The third-order valence-corrected chi connectivity index (χ3v) is 6.14. The van der Waals surface area contributed by atoms with Crippen molar-refractivity contribution < 1.29 is 29.6 Å². The maximum Gasteiger partial charge on any atom is 0.340 e. The van der Waals surface area contributed by atoms with Crippen LogP contribution in [0.25, 0.3) is 0 Å². The fourth-order valence-electron chi connectivity index (χ4n) is 4.38. The number of phenolic OH excluding ortho intramolecular Hbond substituents is 2. The number of aryl methyl sites for hydroxylation is 2. The smallest absolute Gasteiger partial charge is 0.340 e. The van der Waals surface area contributed by atoms with Gasteiger partial charge in [0.05, 0.1) is 11.1 Å². The lowest BCUT2D eigenvalue weighted by atomic mass is 9.75. The van der Waals surface area contributed by atoms with Gasteiger partial charge in [-0.05, 0) is 62.1 Å². The highest BCUT2D eigenvalue weighted by atomic mass is 16.6. The number of carboxylic acid groups (broad SMARTS) is 1. The van der Waals surface area contributed by atoms with E-state index in [2.05, 4.69) is 0 Å². The van der Waals surface area contributed by atoms with Crippen molar-refractivity contribution in [1.29, 1.82) is 0 Å². The molecule has 0 saturated carbocycles. The van der Waals surface area contributed by atoms with Gasteiger partial charge in [0, 0.05) is 16.7 Å². The molecule has 0 spiro atoms. The minimum Gasteiger partial charge on any atom is -0.507 e. The van der Waals surface area contributed by atoms with Crippen molar-refractivity contribution in [2.75, 3.05) is 0 Å². The first-order valence-corrected chi connectivity index (χ1v) is 9.80. The topological polar surface area (TPSA) is 104 Å². The Kier molecular flexibility index (Phi) is 4.54. The molecule has 1 aliphatic heterocycles. The summed E-state index contributed by atoms with van der Waals surface area (Å²) in [5, 5.41) is 30.7. The van der Waals surface area contributed by atoms with Crippen LogP contribution in [0, 0.1) is 27.7 Å². The molecule has 31 heavy (non-hydrogen) atoms. The second-order valence-electron chi connectivity index (χ2n) is 7.94. The summed E-state index contributed by atoms with van der Waals surface area (Å²) in [5.74, 6) is -1.66. The largest absolute Gasteiger partial charge is 0.507 e. The predicted molar refractivity (Wildman–Crippen MR) is 114 cm³/mol. The number of esters is 1. The number of hydrogen-bond donors (Lipinski definition) is 3. The molecular weight excluding hydrogens is 396 g/mol. The van der Waals surface area contributed by atoms with E-state index >= 15 is 0 Å². The third-order valence-electron chi connectivity index (χ3n) is 6.14. The van der Waals surface area contributed by atoms with E-state index in [-0.39, 0.29) is 22.6 Å². The molecule has 0 amide bonds. The Bertz CT molecular complexity index is 1210. The molecule has 0 bridgehead atoms. The van der Waals surface area contributed by atoms with E-state index in [0.29, 0.717) is 38.9 Å². The van der Waals surface area contributed by atoms with E-state index in [1.54, 1.807) is 58.0 Å². The average Bonchev–Trinajstić information content (AvgIpc) is 3.03. The fourth-order valence-corrected chi connectivity index (χ4v) is 4.38. The van der Waals surface area contributed by atoms with Crippen LogP contribution in [-0.2, 0) is 10.3 Å². The van der Waals surface area contributed by atoms with E-state index < -0.39 is 17.5 Å². The van der Waals surface area contributed by atoms with Gasteiger partial charge >= 0.3 is 11.9 Å². The first-order chi connectivity index (χ1) is 14.6. The Morgan fingerprint density at radius 2 is 1.29 bits per heavy atom. The molecule has 1 heterocycles. The second kappa shape index (κ2) is 6.87. The van der Waals surface area contributed by atoms with Crippen LogP contribution in [0.5, 0.6) is 11.5 Å². The number of carbonyl (C=O) groups excluding carboxylic acids is 1. The summed E-state index contributed by atoms with van der Waals surface area (Å²) in [6, 6.07) is 11.3. The number of ether oxygens (including phenoxy) is 1. The van der Waals surface area contributed by atoms with Gasteiger partial charge in [0.1, 0.15) is 11.5 Å². The minimum atomic E-state index is -1.45. The number of carbonyl (C=O) groups is 2. The highest BCUT2D eigenvalue weighted by molar-refractivity contribution is 5.99. The quantitative estimate of drug-likeness (QED) is 0.542. The number of aromatic carboxylic acids is 1. The van der Waals surface area contributed by atoms with Crippen molar-refractivity contribution in [3.63, 3.8) is 0 Å². The molecular formula is C25H22O6. The van der Waals surface area contributed by atoms with Crippen LogP contribution in [0.15, 0.2) is 42.5 Å². The maximum absolute atomic E-state index is 13.0. The van der Waals surface area contributed by atoms with Crippen LogP contribution in [-0.4, -0.2) is 27.3 Å². The van der Waals surface area contributed by atoms with Crippen molar-refractivity contribution in [3.05, 3.63) is 92.5 Å². The molecule has 0 atom stereocenters. The summed E-state index contributed by atoms with van der Waals surface area (Å²) in [5.41, 5.74) is 2.60. The van der Waals surface area contributed by atoms with Crippen molar-refractivity contribution in [3.8, 4) is 11.5 Å². The Labute approximate surface area is 179 Å². The molecule has 0 unspecified atom stereocenters. The van der Waals surface area contributed by atoms with Crippen LogP contribution in [0.3, 0.4) is 0 Å². The second-order valence-corrected chi connectivity index (χ2v) is 7.94. The van der Waals surface area contributed by atoms with Crippen molar-refractivity contribution in [2.24, 2.45) is 0 Å². The zero-order valence-corrected chi connectivity index (χ0v) is 17.6. The Morgan fingerprint density at radius 1 is 0.806 bits per heavy atom. The Hall–Kier alpha value is -3.80. The molecule has 0 aliphatic carbocycles. The summed E-state index contributed by atoms with van der Waals surface area (Å²) in [4.78, 5) is 24.5. The molecule has 0 saturated heterocycles. The van der Waals surface area contributed by atoms with Crippen LogP contribution in [0.4, 0.5) is 0 Å². The molecule has 3 aromatic carbocycles. The van der Waals surface area contributed by atoms with Crippen LogP contribution < -0.4 is 0 Å². The van der Waals surface area contributed by atoms with Gasteiger partial charge < -0.3 is 20.1 Å². The van der Waals surface area contributed by atoms with E-state index in [1.807, 2.05) is 0 Å². The number of aromatic hydroxyl groups is 2. The summed E-state index contributed by atoms with van der Waals surface area (Å²) in [6.07, 6.45) is 0. The standard InChI is InChI=1S/C25H22O6/c1-12-5-8-18(14(3)21(12)26)25(19-9-6-13(2)22(27)15(19)4)20-10-7-16(23(28)29)11-17(20)24(30)31-25/h5-11,26-27H,1-4H3,(H,28,29). The Balaban J connectivity index is 2.15. The highest BCUT2D eigenvalue weighted by Gasteiger charge is 2.51. The predicted octanol–water partition coefficient (Wildman–Crippen LogP) is 4.49. The minimum absolute atomic E-state index is 0.0292. The molecule has 0 fully saturated rings. The molecule has 3 aromatic rings. The molecule has 6 heteroatoms. The van der Waals surface area contributed by atoms with Gasteiger partial charge in [-0.1, -0.05) is 30.3 Å². The summed E-state index contributed by atoms with van der Waals surface area (Å²) < 4.78 is 6.02. The Morgan fingerprint density at radius 3 is 1.77 bits per heavy atom. The number of carboxylic acids is 1. The van der Waals surface area contributed by atoms with E-state index in [9.17, 15) is 24.9 Å². The summed E-state index contributed by atoms with van der Waals surface area (Å²) in [6.45, 7) is 7.02. The lowest BCUT2D eigenvalue weighted by molar-refractivity contribution is 0.0246. The van der Waals surface area contributed by atoms with E-state index in [0.717, 1.165) is 0 Å². The zero-order chi connectivity index (χ0) is 22.7. The SMILES string of the molecule is Cc1ccc(C2(c3ccc(C)c(O)c3C)OC(=O)c3cc(C(=O)O)ccc32)c(C)c1O. The fraction of sp³-hybridized carbons (Fsp3) is 0.200. The van der Waals surface area contributed by atoms with Gasteiger partial charge in [-0.2, -0.15) is 0 Å². The van der Waals surface area contributed by atoms with Gasteiger partial charge in [0.2, 0.25) is 0 Å². The molecule has 158 valence electrons. The molecule has 0 radical (unpaired) electrons. The number of hydrogen-bond acceptors (Lipinski definition) is 5. The lowest BCUT2D eigenvalue weighted by Crippen LogP contribution is -2.31. The molecule has 6 nitrogen and oxygen atoms in total. The van der Waals surface area contributed by atoms with Crippen LogP contribution in [0.2, 0.25) is 0 Å². The normalized spacial score (nSPS) is 14.3. The van der Waals surface area contributed by atoms with E-state index in [4.69, 9.17) is 4.74 Å². The highest BCUT2D eigenvalue weighted by Crippen LogP contribution is 2.51. The molecule has 4 rings (SSSR count). The van der Waals surface area contributed by atoms with Gasteiger partial charge in [0.25, 0.3) is 0 Å². The average molecular weight is 418 g/mol. The first kappa shape index (κ1) is 20.5. The first-order valence-electron chi connectivity index (χ1n) is 9.80. The lowest BCUT2D eigenvalue weighted by Gasteiger charge is -2.33. The maximum atomic E-state index is 13.0. The van der Waals surface area contributed by atoms with Crippen LogP contribution in [0.1, 0.15) is 59.7 Å². The number of phenols is 2. The molecule has 3 N–H and O–H groups in total. The van der Waals surface area contributed by atoms with Crippen molar-refractivity contribution in [1.82, 2.24) is 0 Å². The number of fused-ring (bicyclic) bond motifs is 1. The number of rotatable bonds is 3. The number of cyclic esters (lactones) is 1. The number of benzene rings is 3. The molecule has 1 aliphatic rings. The van der Waals surface area contributed by atoms with Gasteiger partial charge in [-0.3, -0.25) is 0 Å².